The minimum Gasteiger partial charge on any atom is -0.316 e. The van der Waals surface area contributed by atoms with E-state index in [9.17, 15) is 0 Å². The van der Waals surface area contributed by atoms with E-state index in [4.69, 9.17) is 0 Å². The van der Waals surface area contributed by atoms with Crippen LogP contribution in [0.25, 0.3) is 0 Å². The monoisotopic (exact) mass is 201 g/mol. The lowest BCUT2D eigenvalue weighted by atomic mass is 10.2. The molecular formula is C11H27N3. The smallest absolute Gasteiger partial charge is 0.00772 e. The third kappa shape index (κ3) is 11.9. The van der Waals surface area contributed by atoms with Gasteiger partial charge in [-0.05, 0) is 19.5 Å². The maximum atomic E-state index is 3.43. The van der Waals surface area contributed by atoms with Crippen molar-refractivity contribution in [2.45, 2.75) is 33.1 Å². The van der Waals surface area contributed by atoms with Gasteiger partial charge in [0, 0.05) is 26.2 Å². The predicted molar refractivity (Wildman–Crippen MR) is 63.8 cm³/mol. The quantitative estimate of drug-likeness (QED) is 0.436. The molecular weight excluding hydrogens is 174 g/mol. The van der Waals surface area contributed by atoms with E-state index in [1.165, 1.54) is 25.8 Å². The first kappa shape index (κ1) is 13.9. The number of nitrogens with one attached hydrogen (secondary N) is 3. The highest BCUT2D eigenvalue weighted by molar-refractivity contribution is 4.54. The highest BCUT2D eigenvalue weighted by Gasteiger charge is 1.88. The first-order chi connectivity index (χ1) is 6.91. The van der Waals surface area contributed by atoms with Gasteiger partial charge in [0.25, 0.3) is 0 Å². The van der Waals surface area contributed by atoms with E-state index >= 15 is 0 Å². The minimum absolute atomic E-state index is 1.07. The van der Waals surface area contributed by atoms with Gasteiger partial charge in [-0.3, -0.25) is 0 Å². The molecule has 3 nitrogen and oxygen atoms in total. The third-order valence-electron chi connectivity index (χ3n) is 2.16. The number of rotatable bonds is 11. The molecule has 0 radical (unpaired) electrons. The molecule has 0 aromatic rings. The summed E-state index contributed by atoms with van der Waals surface area (Å²) >= 11 is 0. The molecule has 0 saturated carbocycles. The van der Waals surface area contributed by atoms with Crippen molar-refractivity contribution >= 4 is 0 Å². The molecule has 0 aromatic heterocycles. The fraction of sp³-hybridized carbons (Fsp3) is 1.00. The van der Waals surface area contributed by atoms with Crippen LogP contribution in [0.4, 0.5) is 0 Å². The molecule has 0 aliphatic carbocycles. The van der Waals surface area contributed by atoms with Gasteiger partial charge in [0.15, 0.2) is 0 Å². The van der Waals surface area contributed by atoms with Gasteiger partial charge in [0.05, 0.1) is 0 Å². The van der Waals surface area contributed by atoms with Gasteiger partial charge < -0.3 is 16.0 Å². The molecule has 0 aliphatic rings. The Hall–Kier alpha value is -0.120. The average molecular weight is 201 g/mol. The van der Waals surface area contributed by atoms with Crippen molar-refractivity contribution in [3.8, 4) is 0 Å². The molecule has 0 fully saturated rings. The normalized spacial score (nSPS) is 10.7. The van der Waals surface area contributed by atoms with E-state index in [2.05, 4.69) is 29.8 Å². The molecule has 3 heteroatoms. The standard InChI is InChI=1S/C11H27N3/c1-3-5-6-7-13-10-11-14-9-8-12-4-2/h12-14H,3-11H2,1-2H3. The lowest BCUT2D eigenvalue weighted by molar-refractivity contribution is 0.570. The zero-order valence-electron chi connectivity index (χ0n) is 9.86. The molecule has 0 spiro atoms. The van der Waals surface area contributed by atoms with E-state index in [0.29, 0.717) is 0 Å². The second-order valence-corrected chi connectivity index (χ2v) is 3.56. The molecule has 0 aromatic carbocycles. The molecule has 0 rings (SSSR count). The van der Waals surface area contributed by atoms with Crippen molar-refractivity contribution in [1.29, 1.82) is 0 Å². The second kappa shape index (κ2) is 12.9. The second-order valence-electron chi connectivity index (χ2n) is 3.56. The van der Waals surface area contributed by atoms with E-state index in [1.807, 2.05) is 0 Å². The lowest BCUT2D eigenvalue weighted by Crippen LogP contribution is -2.32. The van der Waals surface area contributed by atoms with E-state index in [1.54, 1.807) is 0 Å². The van der Waals surface area contributed by atoms with Crippen LogP contribution in [-0.4, -0.2) is 39.3 Å². The average Bonchev–Trinajstić information content (AvgIpc) is 2.21. The van der Waals surface area contributed by atoms with Crippen LogP contribution in [0.1, 0.15) is 33.1 Å². The third-order valence-corrected chi connectivity index (χ3v) is 2.16. The number of likely N-dealkylation sites (N-methyl/N-ethyl adjacent to an activating group) is 1. The Bertz CT molecular complexity index is 84.5. The Morgan fingerprint density at radius 1 is 0.643 bits per heavy atom. The summed E-state index contributed by atoms with van der Waals surface area (Å²) in [6, 6.07) is 0. The molecule has 0 atom stereocenters. The van der Waals surface area contributed by atoms with Crippen LogP contribution in [0.15, 0.2) is 0 Å². The Balaban J connectivity index is 2.78. The first-order valence-corrected chi connectivity index (χ1v) is 6.04. The molecule has 0 bridgehead atoms. The fourth-order valence-corrected chi connectivity index (χ4v) is 1.28. The zero-order chi connectivity index (χ0) is 10.5. The van der Waals surface area contributed by atoms with Crippen LogP contribution in [0.2, 0.25) is 0 Å². The molecule has 86 valence electrons. The summed E-state index contributed by atoms with van der Waals surface area (Å²) in [4.78, 5) is 0. The zero-order valence-corrected chi connectivity index (χ0v) is 9.86. The summed E-state index contributed by atoms with van der Waals surface area (Å²) in [6.07, 6.45) is 3.97. The van der Waals surface area contributed by atoms with E-state index in [-0.39, 0.29) is 0 Å². The summed E-state index contributed by atoms with van der Waals surface area (Å²) in [6.45, 7) is 10.9. The topological polar surface area (TPSA) is 36.1 Å². The van der Waals surface area contributed by atoms with Gasteiger partial charge in [0.1, 0.15) is 0 Å². The van der Waals surface area contributed by atoms with Crippen molar-refractivity contribution in [2.24, 2.45) is 0 Å². The molecule has 0 amide bonds. The van der Waals surface area contributed by atoms with Crippen LogP contribution in [0.5, 0.6) is 0 Å². The maximum Gasteiger partial charge on any atom is 0.00772 e. The summed E-state index contributed by atoms with van der Waals surface area (Å²) < 4.78 is 0. The van der Waals surface area contributed by atoms with Crippen LogP contribution in [0.3, 0.4) is 0 Å². The predicted octanol–water partition coefficient (Wildman–Crippen LogP) is 0.965. The van der Waals surface area contributed by atoms with Crippen LogP contribution >= 0.6 is 0 Å². The number of unbranched alkanes of at least 4 members (excludes halogenated alkanes) is 2. The molecule has 14 heavy (non-hydrogen) atoms. The highest BCUT2D eigenvalue weighted by atomic mass is 15.0. The van der Waals surface area contributed by atoms with Gasteiger partial charge >= 0.3 is 0 Å². The SMILES string of the molecule is CCCCCNCCNCCNCC. The van der Waals surface area contributed by atoms with Gasteiger partial charge in [-0.25, -0.2) is 0 Å². The number of hydrogen-bond donors (Lipinski definition) is 3. The molecule has 3 N–H and O–H groups in total. The Kier molecular flexibility index (Phi) is 12.8. The van der Waals surface area contributed by atoms with Gasteiger partial charge in [-0.15, -0.1) is 0 Å². The van der Waals surface area contributed by atoms with Gasteiger partial charge in [0.2, 0.25) is 0 Å². The Morgan fingerprint density at radius 2 is 1.21 bits per heavy atom. The highest BCUT2D eigenvalue weighted by Crippen LogP contribution is 1.90. The van der Waals surface area contributed by atoms with Gasteiger partial charge in [-0.2, -0.15) is 0 Å². The van der Waals surface area contributed by atoms with Crippen LogP contribution in [0, 0.1) is 0 Å². The molecule has 0 heterocycles. The summed E-state index contributed by atoms with van der Waals surface area (Å²) in [7, 11) is 0. The van der Waals surface area contributed by atoms with Crippen molar-refractivity contribution < 1.29 is 0 Å². The van der Waals surface area contributed by atoms with Crippen LogP contribution in [-0.2, 0) is 0 Å². The van der Waals surface area contributed by atoms with Crippen molar-refractivity contribution in [3.63, 3.8) is 0 Å². The largest absolute Gasteiger partial charge is 0.316 e. The summed E-state index contributed by atoms with van der Waals surface area (Å²) in [5.41, 5.74) is 0. The van der Waals surface area contributed by atoms with Crippen molar-refractivity contribution in [2.75, 3.05) is 39.3 Å². The molecule has 0 unspecified atom stereocenters. The molecule has 0 saturated heterocycles. The van der Waals surface area contributed by atoms with Crippen molar-refractivity contribution in [3.05, 3.63) is 0 Å². The van der Waals surface area contributed by atoms with Crippen molar-refractivity contribution in [1.82, 2.24) is 16.0 Å². The lowest BCUT2D eigenvalue weighted by Gasteiger charge is -2.06. The Labute approximate surface area is 89.0 Å². The first-order valence-electron chi connectivity index (χ1n) is 6.04. The van der Waals surface area contributed by atoms with Gasteiger partial charge in [-0.1, -0.05) is 26.7 Å². The minimum atomic E-state index is 1.07. The fourth-order valence-electron chi connectivity index (χ4n) is 1.28. The Morgan fingerprint density at radius 3 is 1.79 bits per heavy atom. The maximum absolute atomic E-state index is 3.43. The van der Waals surface area contributed by atoms with E-state index in [0.717, 1.165) is 32.7 Å². The summed E-state index contributed by atoms with van der Waals surface area (Å²) in [5, 5.41) is 10.1. The van der Waals surface area contributed by atoms with Crippen LogP contribution < -0.4 is 16.0 Å². The van der Waals surface area contributed by atoms with E-state index < -0.39 is 0 Å². The summed E-state index contributed by atoms with van der Waals surface area (Å²) in [5.74, 6) is 0. The number of hydrogen-bond acceptors (Lipinski definition) is 3. The molecule has 0 aliphatic heterocycles.